The third-order valence-corrected chi connectivity index (χ3v) is 9.25. The van der Waals surface area contributed by atoms with Crippen LogP contribution in [0.2, 0.25) is 0 Å². The molecule has 0 N–H and O–H groups in total. The molecule has 0 amide bonds. The number of aromatic nitrogens is 2. The topological polar surface area (TPSA) is 79.8 Å². The second kappa shape index (κ2) is 13.3. The number of hydrogen-bond donors (Lipinski definition) is 0. The Hall–Kier alpha value is -7.38. The molecule has 0 aliphatic carbocycles. The van der Waals surface area contributed by atoms with Gasteiger partial charge in [-0.05, 0) is 65.2 Å². The number of terminal acetylenes is 1. The third kappa shape index (κ3) is 5.64. The largest absolute Gasteiger partial charge is 0.337 e. The lowest BCUT2D eigenvalue weighted by atomic mass is 9.95. The van der Waals surface area contributed by atoms with E-state index in [1.165, 1.54) is 16.7 Å². The van der Waals surface area contributed by atoms with Gasteiger partial charge in [0.05, 0.1) is 17.1 Å². The van der Waals surface area contributed by atoms with E-state index in [1.54, 1.807) is 6.08 Å². The Balaban J connectivity index is 1.17. The Kier molecular flexibility index (Phi) is 8.04. The zero-order valence-corrected chi connectivity index (χ0v) is 27.5. The maximum Gasteiger partial charge on any atom is 0.177 e. The normalized spacial score (nSPS) is 12.8. The van der Waals surface area contributed by atoms with E-state index in [-0.39, 0.29) is 11.4 Å². The molecule has 0 spiro atoms. The minimum Gasteiger partial charge on any atom is -0.337 e. The molecule has 6 nitrogen and oxygen atoms in total. The molecular formula is C45H28N6. The van der Waals surface area contributed by atoms with Gasteiger partial charge in [-0.2, -0.15) is 10.5 Å². The van der Waals surface area contributed by atoms with Crippen LogP contribution < -0.4 is 9.80 Å². The minimum absolute atomic E-state index is 0.0448. The van der Waals surface area contributed by atoms with Gasteiger partial charge in [0.2, 0.25) is 0 Å². The number of hydrogen-bond acceptors (Lipinski definition) is 6. The number of benzene rings is 4. The quantitative estimate of drug-likeness (QED) is 0.132. The molecule has 6 heteroatoms. The van der Waals surface area contributed by atoms with Crippen molar-refractivity contribution in [2.24, 2.45) is 0 Å². The molecule has 0 saturated carbocycles. The van der Waals surface area contributed by atoms with Crippen LogP contribution in [0.15, 0.2) is 127 Å². The molecule has 0 fully saturated rings. The van der Waals surface area contributed by atoms with Crippen LogP contribution >= 0.6 is 0 Å². The van der Waals surface area contributed by atoms with Crippen LogP contribution in [0.25, 0.3) is 16.8 Å². The second-order valence-corrected chi connectivity index (χ2v) is 12.2. The summed E-state index contributed by atoms with van der Waals surface area (Å²) in [6.45, 7) is 0.572. The van der Waals surface area contributed by atoms with Crippen molar-refractivity contribution in [1.82, 2.24) is 9.97 Å². The van der Waals surface area contributed by atoms with Gasteiger partial charge in [0.15, 0.2) is 11.4 Å². The molecule has 1 aromatic heterocycles. The van der Waals surface area contributed by atoms with Gasteiger partial charge in [0.1, 0.15) is 12.1 Å². The van der Waals surface area contributed by atoms with Gasteiger partial charge < -0.3 is 9.80 Å². The van der Waals surface area contributed by atoms with Crippen molar-refractivity contribution in [3.63, 3.8) is 0 Å². The van der Waals surface area contributed by atoms with Crippen molar-refractivity contribution >= 4 is 34.0 Å². The van der Waals surface area contributed by atoms with E-state index in [0.717, 1.165) is 52.4 Å². The number of para-hydroxylation sites is 3. The third-order valence-electron chi connectivity index (χ3n) is 9.25. The molecule has 8 rings (SSSR count). The lowest BCUT2D eigenvalue weighted by molar-refractivity contribution is 1.00. The van der Waals surface area contributed by atoms with E-state index < -0.39 is 0 Å². The van der Waals surface area contributed by atoms with Gasteiger partial charge in [0, 0.05) is 58.8 Å². The number of nitriles is 2. The summed E-state index contributed by atoms with van der Waals surface area (Å²) in [6, 6.07) is 47.6. The highest BCUT2D eigenvalue weighted by Crippen LogP contribution is 2.44. The van der Waals surface area contributed by atoms with Crippen molar-refractivity contribution in [2.75, 3.05) is 16.3 Å². The van der Waals surface area contributed by atoms with Crippen molar-refractivity contribution < 1.29 is 0 Å². The molecule has 6 aromatic rings. The summed E-state index contributed by atoms with van der Waals surface area (Å²) >= 11 is 0. The maximum atomic E-state index is 9.92. The summed E-state index contributed by atoms with van der Waals surface area (Å²) in [6.07, 6.45) is 13.1. The monoisotopic (exact) mass is 652 g/mol. The van der Waals surface area contributed by atoms with Gasteiger partial charge in [-0.15, -0.1) is 6.42 Å². The van der Waals surface area contributed by atoms with Gasteiger partial charge in [0.25, 0.3) is 0 Å². The van der Waals surface area contributed by atoms with E-state index in [9.17, 15) is 10.5 Å². The molecule has 2 aliphatic rings. The zero-order chi connectivity index (χ0) is 34.7. The molecule has 0 atom stereocenters. The Morgan fingerprint density at radius 1 is 0.745 bits per heavy atom. The number of allylic oxidation sites excluding steroid dienone is 3. The predicted molar refractivity (Wildman–Crippen MR) is 201 cm³/mol. The Bertz CT molecular complexity index is 2410. The van der Waals surface area contributed by atoms with Crippen molar-refractivity contribution in [1.29, 1.82) is 10.5 Å². The standard InChI is InChI=1S/C45H28N6/c1-2-12-31(17-11-26-50-40-18-7-3-13-33(40)27-34-14-4-8-19-41(34)50)44-45(49-39(30-47)38(29-46)48-44)32-22-24-37(25-23-32)51-42-20-9-5-15-35(42)28-36-16-6-10-21-43(36)51/h1,3-5,7-15,17-25H,26-28H2/b17-11-,31-12+. The summed E-state index contributed by atoms with van der Waals surface area (Å²) in [5, 5.41) is 19.8. The van der Waals surface area contributed by atoms with Crippen LogP contribution in [0, 0.1) is 47.1 Å². The number of anilines is 5. The SMILES string of the molecule is C#C/C=C(\C=C/CN1c2ccccc2Cc2ccccc21)c1nc(C#N)c(C#N)nc1-c1ccc(N2c3ccc#cc3Cc3ccccc32)cc1. The number of rotatable bonds is 6. The van der Waals surface area contributed by atoms with Gasteiger partial charge >= 0.3 is 0 Å². The zero-order valence-electron chi connectivity index (χ0n) is 27.5. The smallest absolute Gasteiger partial charge is 0.177 e. The summed E-state index contributed by atoms with van der Waals surface area (Å²) in [5.41, 5.74) is 12.3. The summed E-state index contributed by atoms with van der Waals surface area (Å²) in [7, 11) is 0. The molecule has 2 aliphatic heterocycles. The average Bonchev–Trinajstić information content (AvgIpc) is 3.18. The molecule has 0 radical (unpaired) electrons. The molecule has 51 heavy (non-hydrogen) atoms. The lowest BCUT2D eigenvalue weighted by Gasteiger charge is -2.32. The Morgan fingerprint density at radius 2 is 1.37 bits per heavy atom. The highest BCUT2D eigenvalue weighted by Gasteiger charge is 2.25. The van der Waals surface area contributed by atoms with Crippen LogP contribution in [-0.2, 0) is 12.8 Å². The number of fused-ring (bicyclic) bond motifs is 4. The molecule has 0 saturated heterocycles. The van der Waals surface area contributed by atoms with Gasteiger partial charge in [-0.1, -0.05) is 96.9 Å². The van der Waals surface area contributed by atoms with E-state index >= 15 is 0 Å². The average molecular weight is 653 g/mol. The predicted octanol–water partition coefficient (Wildman–Crippen LogP) is 9.18. The van der Waals surface area contributed by atoms with Gasteiger partial charge in [-0.3, -0.25) is 0 Å². The first-order valence-corrected chi connectivity index (χ1v) is 16.6. The van der Waals surface area contributed by atoms with Crippen LogP contribution in [0.4, 0.5) is 28.4 Å². The fourth-order valence-corrected chi connectivity index (χ4v) is 6.95. The van der Waals surface area contributed by atoms with Crippen molar-refractivity contribution in [3.05, 3.63) is 179 Å². The highest BCUT2D eigenvalue weighted by atomic mass is 15.2. The Morgan fingerprint density at radius 3 is 2.04 bits per heavy atom. The molecule has 3 heterocycles. The second-order valence-electron chi connectivity index (χ2n) is 12.2. The fourth-order valence-electron chi connectivity index (χ4n) is 6.95. The molecule has 238 valence electrons. The fraction of sp³-hybridized carbons (Fsp3) is 0.0667. The Labute approximate surface area is 297 Å². The summed E-state index contributed by atoms with van der Waals surface area (Å²) < 4.78 is 0. The van der Waals surface area contributed by atoms with Crippen LogP contribution in [0.5, 0.6) is 0 Å². The van der Waals surface area contributed by atoms with Crippen molar-refractivity contribution in [2.45, 2.75) is 12.8 Å². The first kappa shape index (κ1) is 30.9. The van der Waals surface area contributed by atoms with Crippen LogP contribution in [0.3, 0.4) is 0 Å². The number of nitrogens with zero attached hydrogens (tertiary/aromatic N) is 6. The molecule has 5 aromatic carbocycles. The minimum atomic E-state index is -0.0577. The molecule has 0 unspecified atom stereocenters. The summed E-state index contributed by atoms with van der Waals surface area (Å²) in [4.78, 5) is 13.9. The molecular weight excluding hydrogens is 625 g/mol. The van der Waals surface area contributed by atoms with E-state index in [1.807, 2.05) is 60.7 Å². The molecule has 0 bridgehead atoms. The maximum absolute atomic E-state index is 9.92. The van der Waals surface area contributed by atoms with Crippen LogP contribution in [-0.4, -0.2) is 16.5 Å². The van der Waals surface area contributed by atoms with Gasteiger partial charge in [-0.25, -0.2) is 9.97 Å². The summed E-state index contributed by atoms with van der Waals surface area (Å²) in [5.74, 6) is 2.65. The first-order valence-electron chi connectivity index (χ1n) is 16.6. The highest BCUT2D eigenvalue weighted by molar-refractivity contribution is 5.87. The van der Waals surface area contributed by atoms with E-state index in [4.69, 9.17) is 6.42 Å². The van der Waals surface area contributed by atoms with E-state index in [0.29, 0.717) is 23.5 Å². The first-order chi connectivity index (χ1) is 25.2. The van der Waals surface area contributed by atoms with Crippen LogP contribution in [0.1, 0.15) is 39.3 Å². The van der Waals surface area contributed by atoms with E-state index in [2.05, 4.69) is 111 Å². The lowest BCUT2D eigenvalue weighted by Crippen LogP contribution is -2.23. The van der Waals surface area contributed by atoms with Crippen molar-refractivity contribution in [3.8, 4) is 35.7 Å².